The lowest BCUT2D eigenvalue weighted by Crippen LogP contribution is -2.48. The molecule has 0 bridgehead atoms. The molecule has 3 fully saturated rings. The fraction of sp³-hybridized carbons (Fsp3) is 0.923. The Hall–Kier alpha value is -0.770. The monoisotopic (exact) mass is 239 g/mol. The minimum Gasteiger partial charge on any atom is -0.444 e. The highest BCUT2D eigenvalue weighted by atomic mass is 16.6. The van der Waals surface area contributed by atoms with Crippen molar-refractivity contribution in [3.8, 4) is 0 Å². The number of nitrogens with zero attached hydrogens (tertiary/aromatic N) is 1. The van der Waals surface area contributed by atoms with Crippen LogP contribution in [0, 0.1) is 0 Å². The van der Waals surface area contributed by atoms with E-state index in [0.717, 1.165) is 32.2 Å². The molecule has 0 aromatic carbocycles. The quantitative estimate of drug-likeness (QED) is 0.609. The smallest absolute Gasteiger partial charge is 0.410 e. The Bertz CT molecular complexity index is 337. The predicted octanol–water partition coefficient (Wildman–Crippen LogP) is 2.32. The van der Waals surface area contributed by atoms with Crippen LogP contribution in [0.15, 0.2) is 0 Å². The van der Waals surface area contributed by atoms with Crippen molar-refractivity contribution < 1.29 is 14.3 Å². The summed E-state index contributed by atoms with van der Waals surface area (Å²) >= 11 is 0. The Kier molecular flexibility index (Phi) is 2.25. The highest BCUT2D eigenvalue weighted by molar-refractivity contribution is 5.70. The van der Waals surface area contributed by atoms with Gasteiger partial charge in [0.2, 0.25) is 0 Å². The van der Waals surface area contributed by atoms with Gasteiger partial charge < -0.3 is 14.4 Å². The molecule has 2 unspecified atom stereocenters. The standard InChI is InChI=1S/C13H21NO3/c1-12(2,3)17-11(15)14-6-4-5-13(14)7-9-10(8-13)16-9/h9-10H,4-8H2,1-3H3. The average molecular weight is 239 g/mol. The number of carbonyl (C=O) groups excluding carboxylic acids is 1. The Morgan fingerprint density at radius 1 is 1.35 bits per heavy atom. The van der Waals surface area contributed by atoms with E-state index in [4.69, 9.17) is 9.47 Å². The molecule has 2 saturated heterocycles. The number of amides is 1. The molecule has 2 aliphatic heterocycles. The number of likely N-dealkylation sites (tertiary alicyclic amines) is 1. The first-order valence-corrected chi connectivity index (χ1v) is 6.56. The van der Waals surface area contributed by atoms with Crippen molar-refractivity contribution in [2.24, 2.45) is 0 Å². The third kappa shape index (κ3) is 1.92. The molecule has 2 atom stereocenters. The van der Waals surface area contributed by atoms with Crippen LogP contribution in [-0.4, -0.2) is 40.9 Å². The lowest BCUT2D eigenvalue weighted by atomic mass is 9.93. The van der Waals surface area contributed by atoms with Gasteiger partial charge in [-0.15, -0.1) is 0 Å². The fourth-order valence-corrected chi connectivity index (χ4v) is 3.34. The van der Waals surface area contributed by atoms with Gasteiger partial charge in [-0.1, -0.05) is 0 Å². The Morgan fingerprint density at radius 2 is 2.00 bits per heavy atom. The molecule has 4 nitrogen and oxygen atoms in total. The van der Waals surface area contributed by atoms with E-state index >= 15 is 0 Å². The summed E-state index contributed by atoms with van der Waals surface area (Å²) in [6, 6.07) is 0. The molecular formula is C13H21NO3. The molecular weight excluding hydrogens is 218 g/mol. The van der Waals surface area contributed by atoms with E-state index in [1.54, 1.807) is 0 Å². The summed E-state index contributed by atoms with van der Waals surface area (Å²) in [7, 11) is 0. The second kappa shape index (κ2) is 3.37. The largest absolute Gasteiger partial charge is 0.444 e. The molecule has 0 N–H and O–H groups in total. The van der Waals surface area contributed by atoms with Crippen LogP contribution in [-0.2, 0) is 9.47 Å². The molecule has 1 spiro atoms. The fourth-order valence-electron chi connectivity index (χ4n) is 3.34. The Morgan fingerprint density at radius 3 is 2.59 bits per heavy atom. The van der Waals surface area contributed by atoms with Crippen molar-refractivity contribution in [1.82, 2.24) is 4.90 Å². The Labute approximate surface area is 102 Å². The van der Waals surface area contributed by atoms with E-state index in [-0.39, 0.29) is 11.6 Å². The summed E-state index contributed by atoms with van der Waals surface area (Å²) < 4.78 is 11.0. The lowest BCUT2D eigenvalue weighted by molar-refractivity contribution is 0.00268. The van der Waals surface area contributed by atoms with E-state index < -0.39 is 5.60 Å². The maximum absolute atomic E-state index is 12.2. The summed E-state index contributed by atoms with van der Waals surface area (Å²) in [6.45, 7) is 6.60. The van der Waals surface area contributed by atoms with Gasteiger partial charge in [-0.05, 0) is 46.5 Å². The maximum Gasteiger partial charge on any atom is 0.410 e. The Balaban J connectivity index is 1.71. The second-order valence-electron chi connectivity index (χ2n) is 6.58. The van der Waals surface area contributed by atoms with Crippen LogP contribution >= 0.6 is 0 Å². The van der Waals surface area contributed by atoms with Crippen LogP contribution in [0.25, 0.3) is 0 Å². The first-order chi connectivity index (χ1) is 7.90. The van der Waals surface area contributed by atoms with E-state index in [2.05, 4.69) is 0 Å². The highest BCUT2D eigenvalue weighted by Gasteiger charge is 2.60. The van der Waals surface area contributed by atoms with E-state index in [1.165, 1.54) is 0 Å². The number of epoxide rings is 1. The topological polar surface area (TPSA) is 42.1 Å². The molecule has 1 saturated carbocycles. The zero-order chi connectivity index (χ0) is 12.3. The van der Waals surface area contributed by atoms with Crippen molar-refractivity contribution in [2.75, 3.05) is 6.54 Å². The number of hydrogen-bond acceptors (Lipinski definition) is 3. The molecule has 3 rings (SSSR count). The molecule has 17 heavy (non-hydrogen) atoms. The van der Waals surface area contributed by atoms with Gasteiger partial charge in [0, 0.05) is 6.54 Å². The van der Waals surface area contributed by atoms with Crippen molar-refractivity contribution in [3.63, 3.8) is 0 Å². The van der Waals surface area contributed by atoms with Crippen LogP contribution in [0.4, 0.5) is 4.79 Å². The third-order valence-corrected chi connectivity index (χ3v) is 4.06. The molecule has 96 valence electrons. The minimum absolute atomic E-state index is 0.0515. The van der Waals surface area contributed by atoms with Crippen molar-refractivity contribution in [2.45, 2.75) is 69.8 Å². The number of fused-ring (bicyclic) bond motifs is 1. The summed E-state index contributed by atoms with van der Waals surface area (Å²) in [6.07, 6.45) is 4.92. The third-order valence-electron chi connectivity index (χ3n) is 4.06. The van der Waals surface area contributed by atoms with Crippen LogP contribution < -0.4 is 0 Å². The molecule has 4 heteroatoms. The second-order valence-corrected chi connectivity index (χ2v) is 6.58. The maximum atomic E-state index is 12.2. The molecule has 0 radical (unpaired) electrons. The van der Waals surface area contributed by atoms with Crippen molar-refractivity contribution >= 4 is 6.09 Å². The van der Waals surface area contributed by atoms with E-state index in [9.17, 15) is 4.79 Å². The first kappa shape index (κ1) is 11.3. The molecule has 2 heterocycles. The van der Waals surface area contributed by atoms with Gasteiger partial charge in [0.25, 0.3) is 0 Å². The highest BCUT2D eigenvalue weighted by Crippen LogP contribution is 2.52. The van der Waals surface area contributed by atoms with E-state index in [1.807, 2.05) is 25.7 Å². The van der Waals surface area contributed by atoms with Gasteiger partial charge in [0.1, 0.15) is 5.60 Å². The van der Waals surface area contributed by atoms with Gasteiger partial charge in [0.15, 0.2) is 0 Å². The van der Waals surface area contributed by atoms with Crippen LogP contribution in [0.1, 0.15) is 46.5 Å². The first-order valence-electron chi connectivity index (χ1n) is 6.56. The summed E-state index contributed by atoms with van der Waals surface area (Å²) in [4.78, 5) is 14.2. The minimum atomic E-state index is -0.404. The molecule has 3 aliphatic rings. The zero-order valence-corrected chi connectivity index (χ0v) is 10.9. The summed E-state index contributed by atoms with van der Waals surface area (Å²) in [5.74, 6) is 0. The van der Waals surface area contributed by atoms with Crippen LogP contribution in [0.2, 0.25) is 0 Å². The van der Waals surface area contributed by atoms with Gasteiger partial charge in [-0.3, -0.25) is 0 Å². The summed E-state index contributed by atoms with van der Waals surface area (Å²) in [5.41, 5.74) is -0.352. The van der Waals surface area contributed by atoms with Crippen LogP contribution in [0.3, 0.4) is 0 Å². The zero-order valence-electron chi connectivity index (χ0n) is 10.9. The lowest BCUT2D eigenvalue weighted by Gasteiger charge is -2.37. The molecule has 0 aromatic rings. The van der Waals surface area contributed by atoms with Gasteiger partial charge >= 0.3 is 6.09 Å². The number of hydrogen-bond donors (Lipinski definition) is 0. The molecule has 1 aliphatic carbocycles. The van der Waals surface area contributed by atoms with Gasteiger partial charge in [-0.2, -0.15) is 0 Å². The number of rotatable bonds is 0. The van der Waals surface area contributed by atoms with Gasteiger partial charge in [0.05, 0.1) is 17.7 Å². The molecule has 0 aromatic heterocycles. The average Bonchev–Trinajstić information content (AvgIpc) is 2.66. The normalized spacial score (nSPS) is 39.6. The van der Waals surface area contributed by atoms with Crippen LogP contribution in [0.5, 0.6) is 0 Å². The predicted molar refractivity (Wildman–Crippen MR) is 62.8 cm³/mol. The summed E-state index contributed by atoms with van der Waals surface area (Å²) in [5, 5.41) is 0. The number of ether oxygens (including phenoxy) is 2. The van der Waals surface area contributed by atoms with Crippen molar-refractivity contribution in [3.05, 3.63) is 0 Å². The SMILES string of the molecule is CC(C)(C)OC(=O)N1CCCC12CC1OC1C2. The molecule has 1 amide bonds. The van der Waals surface area contributed by atoms with E-state index in [0.29, 0.717) is 12.2 Å². The van der Waals surface area contributed by atoms with Crippen molar-refractivity contribution in [1.29, 1.82) is 0 Å². The van der Waals surface area contributed by atoms with Gasteiger partial charge in [-0.25, -0.2) is 4.79 Å². The number of carbonyl (C=O) groups is 1.